The molecule has 10 heavy (non-hydrogen) atoms. The Labute approximate surface area is 59.7 Å². The molecule has 0 bridgehead atoms. The molecule has 0 aromatic rings. The molecule has 1 aliphatic heterocycles. The molecule has 0 saturated carbocycles. The van der Waals surface area contributed by atoms with Gasteiger partial charge in [-0.3, -0.25) is 9.63 Å². The Bertz CT molecular complexity index is 147. The van der Waals surface area contributed by atoms with Crippen LogP contribution in [0.3, 0.4) is 0 Å². The summed E-state index contributed by atoms with van der Waals surface area (Å²) < 4.78 is 0. The van der Waals surface area contributed by atoms with E-state index >= 15 is 0 Å². The third kappa shape index (κ3) is 1.12. The summed E-state index contributed by atoms with van der Waals surface area (Å²) in [6, 6.07) is -0.500. The molecule has 0 radical (unpaired) electrons. The van der Waals surface area contributed by atoms with Gasteiger partial charge in [-0.15, -0.1) is 0 Å². The zero-order valence-corrected chi connectivity index (χ0v) is 6.13. The Kier molecular flexibility index (Phi) is 1.92. The molecule has 0 aromatic carbocycles. The van der Waals surface area contributed by atoms with Gasteiger partial charge in [0.15, 0.2) is 0 Å². The maximum atomic E-state index is 10.7. The first-order valence-corrected chi connectivity index (χ1v) is 3.34. The molecule has 1 fully saturated rings. The summed E-state index contributed by atoms with van der Waals surface area (Å²) in [6.45, 7) is 3.93. The number of nitrogens with two attached hydrogens (primary N) is 1. The number of hydrogen-bond acceptors (Lipinski definition) is 3. The fourth-order valence-corrected chi connectivity index (χ4v) is 0.967. The number of carbonyl (C=O) groups excluding carboxylic acids is 1. The Morgan fingerprint density at radius 3 is 2.50 bits per heavy atom. The van der Waals surface area contributed by atoms with E-state index in [9.17, 15) is 4.79 Å². The van der Waals surface area contributed by atoms with Crippen LogP contribution in [0.5, 0.6) is 0 Å². The molecular formula is C6H12N2O2. The molecule has 0 spiro atoms. The summed E-state index contributed by atoms with van der Waals surface area (Å²) in [5.41, 5.74) is 7.72. The van der Waals surface area contributed by atoms with E-state index in [1.807, 2.05) is 13.8 Å². The third-order valence-electron chi connectivity index (χ3n) is 1.61. The summed E-state index contributed by atoms with van der Waals surface area (Å²) in [5.74, 6) is 0.0488. The average Bonchev–Trinajstić information content (AvgIpc) is 2.14. The summed E-state index contributed by atoms with van der Waals surface area (Å²) in [5, 5.41) is 0. The predicted octanol–water partition coefficient (Wildman–Crippen LogP) is -0.600. The van der Waals surface area contributed by atoms with Gasteiger partial charge in [-0.25, -0.2) is 5.48 Å². The van der Waals surface area contributed by atoms with Crippen LogP contribution in [0.15, 0.2) is 0 Å². The van der Waals surface area contributed by atoms with Crippen LogP contribution in [0.4, 0.5) is 0 Å². The number of carbonyl (C=O) groups is 1. The highest BCUT2D eigenvalue weighted by atomic mass is 16.7. The van der Waals surface area contributed by atoms with Gasteiger partial charge >= 0.3 is 0 Å². The number of rotatable bonds is 1. The minimum Gasteiger partial charge on any atom is -0.318 e. The van der Waals surface area contributed by atoms with Crippen molar-refractivity contribution in [1.29, 1.82) is 0 Å². The van der Waals surface area contributed by atoms with Crippen LogP contribution in [-0.4, -0.2) is 18.1 Å². The van der Waals surface area contributed by atoms with Crippen LogP contribution in [0, 0.1) is 5.92 Å². The first-order valence-electron chi connectivity index (χ1n) is 3.34. The van der Waals surface area contributed by atoms with Crippen molar-refractivity contribution in [2.75, 3.05) is 0 Å². The van der Waals surface area contributed by atoms with E-state index in [-0.39, 0.29) is 17.9 Å². The van der Waals surface area contributed by atoms with Crippen LogP contribution in [0.1, 0.15) is 13.8 Å². The van der Waals surface area contributed by atoms with Crippen LogP contribution in [0.25, 0.3) is 0 Å². The van der Waals surface area contributed by atoms with E-state index in [0.717, 1.165) is 0 Å². The zero-order valence-electron chi connectivity index (χ0n) is 6.13. The minimum absolute atomic E-state index is 0.174. The van der Waals surface area contributed by atoms with Gasteiger partial charge in [0.1, 0.15) is 12.1 Å². The fraction of sp³-hybridized carbons (Fsp3) is 0.833. The molecule has 1 aliphatic rings. The molecule has 1 saturated heterocycles. The van der Waals surface area contributed by atoms with Crippen molar-refractivity contribution in [2.24, 2.45) is 11.7 Å². The largest absolute Gasteiger partial charge is 0.318 e. The zero-order chi connectivity index (χ0) is 7.72. The van der Waals surface area contributed by atoms with Gasteiger partial charge in [-0.05, 0) is 5.92 Å². The highest BCUT2D eigenvalue weighted by molar-refractivity contribution is 5.82. The molecular weight excluding hydrogens is 132 g/mol. The maximum Gasteiger partial charge on any atom is 0.263 e. The summed E-state index contributed by atoms with van der Waals surface area (Å²) in [6.07, 6.45) is -0.174. The summed E-state index contributed by atoms with van der Waals surface area (Å²) in [4.78, 5) is 15.6. The van der Waals surface area contributed by atoms with Gasteiger partial charge < -0.3 is 5.73 Å². The Balaban J connectivity index is 2.57. The average molecular weight is 144 g/mol. The lowest BCUT2D eigenvalue weighted by molar-refractivity contribution is -0.125. The van der Waals surface area contributed by atoms with Gasteiger partial charge in [0.05, 0.1) is 0 Å². The third-order valence-corrected chi connectivity index (χ3v) is 1.61. The van der Waals surface area contributed by atoms with Crippen molar-refractivity contribution in [1.82, 2.24) is 5.48 Å². The van der Waals surface area contributed by atoms with E-state index in [2.05, 4.69) is 5.48 Å². The molecule has 3 N–H and O–H groups in total. The van der Waals surface area contributed by atoms with Crippen molar-refractivity contribution in [3.8, 4) is 0 Å². The SMILES string of the molecule is CC(C)C1ONC(=O)C1N. The second kappa shape index (κ2) is 2.56. The molecule has 4 heteroatoms. The van der Waals surface area contributed by atoms with Gasteiger partial charge in [-0.1, -0.05) is 13.8 Å². The number of amides is 1. The van der Waals surface area contributed by atoms with Crippen molar-refractivity contribution < 1.29 is 9.63 Å². The molecule has 4 nitrogen and oxygen atoms in total. The van der Waals surface area contributed by atoms with Crippen LogP contribution >= 0.6 is 0 Å². The van der Waals surface area contributed by atoms with Gasteiger partial charge in [0.25, 0.3) is 5.91 Å². The number of nitrogens with one attached hydrogen (secondary N) is 1. The van der Waals surface area contributed by atoms with Crippen molar-refractivity contribution in [3.05, 3.63) is 0 Å². The smallest absolute Gasteiger partial charge is 0.263 e. The highest BCUT2D eigenvalue weighted by Crippen LogP contribution is 2.13. The predicted molar refractivity (Wildman–Crippen MR) is 35.8 cm³/mol. The first-order chi connectivity index (χ1) is 4.63. The molecule has 0 aliphatic carbocycles. The Morgan fingerprint density at radius 1 is 1.70 bits per heavy atom. The van der Waals surface area contributed by atoms with E-state index in [1.165, 1.54) is 0 Å². The topological polar surface area (TPSA) is 64.3 Å². The van der Waals surface area contributed by atoms with Crippen LogP contribution in [-0.2, 0) is 9.63 Å². The summed E-state index contributed by atoms with van der Waals surface area (Å²) in [7, 11) is 0. The van der Waals surface area contributed by atoms with Crippen LogP contribution in [0.2, 0.25) is 0 Å². The van der Waals surface area contributed by atoms with Gasteiger partial charge in [0.2, 0.25) is 0 Å². The fourth-order valence-electron chi connectivity index (χ4n) is 0.967. The van der Waals surface area contributed by atoms with Crippen LogP contribution < -0.4 is 11.2 Å². The van der Waals surface area contributed by atoms with E-state index < -0.39 is 6.04 Å². The molecule has 1 amide bonds. The molecule has 58 valence electrons. The molecule has 1 heterocycles. The second-order valence-corrected chi connectivity index (χ2v) is 2.82. The Hall–Kier alpha value is -0.610. The van der Waals surface area contributed by atoms with Gasteiger partial charge in [-0.2, -0.15) is 0 Å². The molecule has 1 rings (SSSR count). The van der Waals surface area contributed by atoms with Crippen molar-refractivity contribution >= 4 is 5.91 Å². The second-order valence-electron chi connectivity index (χ2n) is 2.82. The van der Waals surface area contributed by atoms with E-state index in [4.69, 9.17) is 10.6 Å². The summed E-state index contributed by atoms with van der Waals surface area (Å²) >= 11 is 0. The monoisotopic (exact) mass is 144 g/mol. The van der Waals surface area contributed by atoms with E-state index in [0.29, 0.717) is 0 Å². The van der Waals surface area contributed by atoms with Crippen molar-refractivity contribution in [2.45, 2.75) is 26.0 Å². The number of hydrogen-bond donors (Lipinski definition) is 2. The molecule has 2 atom stereocenters. The lowest BCUT2D eigenvalue weighted by Crippen LogP contribution is -2.39. The lowest BCUT2D eigenvalue weighted by atomic mass is 10.0. The Morgan fingerprint density at radius 2 is 2.30 bits per heavy atom. The van der Waals surface area contributed by atoms with E-state index in [1.54, 1.807) is 0 Å². The minimum atomic E-state index is -0.500. The highest BCUT2D eigenvalue weighted by Gasteiger charge is 2.34. The molecule has 2 unspecified atom stereocenters. The quantitative estimate of drug-likeness (QED) is 0.516. The normalized spacial score (nSPS) is 33.0. The maximum absolute atomic E-state index is 10.7. The molecule has 0 aromatic heterocycles. The van der Waals surface area contributed by atoms with Gasteiger partial charge in [0, 0.05) is 0 Å². The standard InChI is InChI=1S/C6H12N2O2/c1-3(2)5-4(7)6(9)8-10-5/h3-5H,7H2,1-2H3,(H,8,9). The lowest BCUT2D eigenvalue weighted by Gasteiger charge is -2.13. The first kappa shape index (κ1) is 7.50. The van der Waals surface area contributed by atoms with Crippen molar-refractivity contribution in [3.63, 3.8) is 0 Å². The number of hydroxylamine groups is 1.